The van der Waals surface area contributed by atoms with Crippen molar-refractivity contribution in [1.29, 1.82) is 0 Å². The molecule has 2 saturated heterocycles. The number of aliphatic hydroxyl groups excluding tert-OH is 9. The molecular formula is C15H28O12. The standard InChI is InChI=1S/C15H28O12/c1-2-8(19)15(13(24)11(22)9(20)6(3-16)26-15)27-14(5-18)12(23)10(21)7(4-17)25-14/h6-13,16-24H,2-5H2,1H3/t6-,7-,8?,9-,10-,11+,12+,13-,14?,15+/m1/s1. The van der Waals surface area contributed by atoms with Crippen LogP contribution in [-0.2, 0) is 14.2 Å². The molecule has 0 bridgehead atoms. The molecule has 0 spiro atoms. The highest BCUT2D eigenvalue weighted by Gasteiger charge is 2.65. The Morgan fingerprint density at radius 2 is 1.41 bits per heavy atom. The minimum absolute atomic E-state index is 0.110. The summed E-state index contributed by atoms with van der Waals surface area (Å²) in [6.07, 6.45) is -14.0. The van der Waals surface area contributed by atoms with E-state index in [2.05, 4.69) is 0 Å². The predicted octanol–water partition coefficient (Wildman–Crippen LogP) is -5.25. The quantitative estimate of drug-likeness (QED) is 0.196. The minimum Gasteiger partial charge on any atom is -0.394 e. The Hall–Kier alpha value is -0.480. The van der Waals surface area contributed by atoms with Gasteiger partial charge in [0, 0.05) is 0 Å². The lowest BCUT2D eigenvalue weighted by molar-refractivity contribution is -0.452. The van der Waals surface area contributed by atoms with Crippen LogP contribution in [0.3, 0.4) is 0 Å². The second-order valence-corrected chi connectivity index (χ2v) is 6.76. The summed E-state index contributed by atoms with van der Waals surface area (Å²) < 4.78 is 16.1. The van der Waals surface area contributed by atoms with Gasteiger partial charge in [0.25, 0.3) is 0 Å². The largest absolute Gasteiger partial charge is 0.394 e. The van der Waals surface area contributed by atoms with Crippen molar-refractivity contribution >= 4 is 0 Å². The van der Waals surface area contributed by atoms with Gasteiger partial charge in [-0.3, -0.25) is 0 Å². The summed E-state index contributed by atoms with van der Waals surface area (Å²) >= 11 is 0. The van der Waals surface area contributed by atoms with Crippen LogP contribution in [0.15, 0.2) is 0 Å². The van der Waals surface area contributed by atoms with Gasteiger partial charge in [-0.15, -0.1) is 0 Å². The molecule has 12 heteroatoms. The highest BCUT2D eigenvalue weighted by Crippen LogP contribution is 2.42. The van der Waals surface area contributed by atoms with Crippen molar-refractivity contribution in [3.63, 3.8) is 0 Å². The van der Waals surface area contributed by atoms with Crippen molar-refractivity contribution in [1.82, 2.24) is 0 Å². The zero-order valence-corrected chi connectivity index (χ0v) is 14.7. The van der Waals surface area contributed by atoms with Gasteiger partial charge in [-0.25, -0.2) is 0 Å². The number of aliphatic hydroxyl groups is 9. The van der Waals surface area contributed by atoms with Crippen LogP contribution in [0.1, 0.15) is 13.3 Å². The van der Waals surface area contributed by atoms with Crippen LogP contribution in [0.5, 0.6) is 0 Å². The molecule has 2 heterocycles. The van der Waals surface area contributed by atoms with Crippen molar-refractivity contribution in [2.75, 3.05) is 19.8 Å². The van der Waals surface area contributed by atoms with Gasteiger partial charge in [0.15, 0.2) is 0 Å². The maximum atomic E-state index is 10.5. The van der Waals surface area contributed by atoms with Crippen LogP contribution in [0.25, 0.3) is 0 Å². The third-order valence-electron chi connectivity index (χ3n) is 5.07. The molecule has 27 heavy (non-hydrogen) atoms. The highest BCUT2D eigenvalue weighted by atomic mass is 16.8. The van der Waals surface area contributed by atoms with E-state index < -0.39 is 80.2 Å². The number of hydrogen-bond donors (Lipinski definition) is 9. The van der Waals surface area contributed by atoms with Crippen molar-refractivity contribution in [2.45, 2.75) is 73.8 Å². The Kier molecular flexibility index (Phi) is 7.17. The van der Waals surface area contributed by atoms with Crippen molar-refractivity contribution in [3.05, 3.63) is 0 Å². The first kappa shape index (κ1) is 22.8. The zero-order chi connectivity index (χ0) is 20.6. The van der Waals surface area contributed by atoms with Gasteiger partial charge < -0.3 is 60.2 Å². The Bertz CT molecular complexity index is 491. The Morgan fingerprint density at radius 1 is 0.852 bits per heavy atom. The third-order valence-corrected chi connectivity index (χ3v) is 5.07. The lowest BCUT2D eigenvalue weighted by atomic mass is 9.87. The number of ether oxygens (including phenoxy) is 3. The molecule has 2 unspecified atom stereocenters. The molecule has 160 valence electrons. The molecule has 0 aromatic heterocycles. The highest BCUT2D eigenvalue weighted by molar-refractivity contribution is 5.04. The number of rotatable bonds is 7. The molecule has 0 saturated carbocycles. The summed E-state index contributed by atoms with van der Waals surface area (Å²) in [4.78, 5) is 0. The molecule has 0 aromatic carbocycles. The summed E-state index contributed by atoms with van der Waals surface area (Å²) in [5.41, 5.74) is 0. The molecule has 2 aliphatic heterocycles. The van der Waals surface area contributed by atoms with E-state index in [0.717, 1.165) is 0 Å². The van der Waals surface area contributed by atoms with E-state index in [1.54, 1.807) is 0 Å². The van der Waals surface area contributed by atoms with Gasteiger partial charge in [-0.1, -0.05) is 6.92 Å². The minimum atomic E-state index is -2.55. The normalized spacial score (nSPS) is 49.3. The van der Waals surface area contributed by atoms with Crippen LogP contribution in [-0.4, -0.2) is 126 Å². The van der Waals surface area contributed by atoms with Crippen LogP contribution in [0, 0.1) is 0 Å². The predicted molar refractivity (Wildman–Crippen MR) is 83.9 cm³/mol. The van der Waals surface area contributed by atoms with Crippen LogP contribution >= 0.6 is 0 Å². The van der Waals surface area contributed by atoms with E-state index in [4.69, 9.17) is 14.2 Å². The van der Waals surface area contributed by atoms with Crippen LogP contribution in [0.4, 0.5) is 0 Å². The second kappa shape index (κ2) is 8.49. The Morgan fingerprint density at radius 3 is 1.85 bits per heavy atom. The average molecular weight is 400 g/mol. The zero-order valence-electron chi connectivity index (χ0n) is 14.7. The molecule has 0 amide bonds. The molecule has 0 radical (unpaired) electrons. The molecule has 0 aliphatic carbocycles. The van der Waals surface area contributed by atoms with Gasteiger partial charge in [0.05, 0.1) is 13.2 Å². The average Bonchev–Trinajstić information content (AvgIpc) is 2.92. The van der Waals surface area contributed by atoms with E-state index in [1.807, 2.05) is 0 Å². The molecule has 2 fully saturated rings. The molecule has 0 aromatic rings. The summed E-state index contributed by atoms with van der Waals surface area (Å²) in [7, 11) is 0. The van der Waals surface area contributed by atoms with Crippen molar-refractivity contribution in [3.8, 4) is 0 Å². The Balaban J connectivity index is 2.47. The SMILES string of the molecule is CCC(O)[C@@]1(OC2(CO)O[C@H](CO)[C@@H](O)[C@@H]2O)O[C@H](CO)[C@@H](O)[C@H](O)[C@H]1O. The summed E-state index contributed by atoms with van der Waals surface area (Å²) in [5.74, 6) is -4.99. The second-order valence-electron chi connectivity index (χ2n) is 6.76. The molecule has 12 nitrogen and oxygen atoms in total. The van der Waals surface area contributed by atoms with E-state index >= 15 is 0 Å². The fourth-order valence-electron chi connectivity index (χ4n) is 3.40. The fraction of sp³-hybridized carbons (Fsp3) is 1.00. The fourth-order valence-corrected chi connectivity index (χ4v) is 3.40. The van der Waals surface area contributed by atoms with Crippen LogP contribution < -0.4 is 0 Å². The molecule has 2 rings (SSSR count). The van der Waals surface area contributed by atoms with E-state index in [0.29, 0.717) is 0 Å². The lowest BCUT2D eigenvalue weighted by Crippen LogP contribution is -2.73. The van der Waals surface area contributed by atoms with E-state index in [1.165, 1.54) is 6.92 Å². The first-order chi connectivity index (χ1) is 12.6. The van der Waals surface area contributed by atoms with E-state index in [9.17, 15) is 46.0 Å². The Labute approximate surface area is 154 Å². The first-order valence-corrected chi connectivity index (χ1v) is 8.60. The smallest absolute Gasteiger partial charge is 0.227 e. The molecule has 10 atom stereocenters. The van der Waals surface area contributed by atoms with E-state index in [-0.39, 0.29) is 6.42 Å². The van der Waals surface area contributed by atoms with Gasteiger partial charge in [-0.05, 0) is 6.42 Å². The van der Waals surface area contributed by atoms with Gasteiger partial charge >= 0.3 is 0 Å². The maximum Gasteiger partial charge on any atom is 0.227 e. The molecule has 9 N–H and O–H groups in total. The van der Waals surface area contributed by atoms with Crippen molar-refractivity contribution < 1.29 is 60.2 Å². The van der Waals surface area contributed by atoms with Gasteiger partial charge in [0.2, 0.25) is 11.6 Å². The van der Waals surface area contributed by atoms with Crippen molar-refractivity contribution in [2.24, 2.45) is 0 Å². The molecule has 2 aliphatic rings. The monoisotopic (exact) mass is 400 g/mol. The first-order valence-electron chi connectivity index (χ1n) is 8.60. The lowest BCUT2D eigenvalue weighted by Gasteiger charge is -2.52. The van der Waals surface area contributed by atoms with Gasteiger partial charge in [-0.2, -0.15) is 0 Å². The molecular weight excluding hydrogens is 372 g/mol. The van der Waals surface area contributed by atoms with Gasteiger partial charge in [0.1, 0.15) is 55.4 Å². The maximum absolute atomic E-state index is 10.5. The summed E-state index contributed by atoms with van der Waals surface area (Å²) in [6.45, 7) is -1.17. The number of hydrogen-bond acceptors (Lipinski definition) is 12. The summed E-state index contributed by atoms with van der Waals surface area (Å²) in [6, 6.07) is 0. The summed E-state index contributed by atoms with van der Waals surface area (Å²) in [5, 5.41) is 89.6. The van der Waals surface area contributed by atoms with Crippen LogP contribution in [0.2, 0.25) is 0 Å². The topological polar surface area (TPSA) is 210 Å². The third kappa shape index (κ3) is 3.61.